The predicted molar refractivity (Wildman–Crippen MR) is 77.2 cm³/mol. The molecule has 9 heteroatoms. The number of nitrogens with one attached hydrogen (secondary N) is 1. The monoisotopic (exact) mass is 346 g/mol. The zero-order valence-electron chi connectivity index (χ0n) is 11.8. The summed E-state index contributed by atoms with van der Waals surface area (Å²) in [4.78, 5) is 10.9. The van der Waals surface area contributed by atoms with Crippen molar-refractivity contribution < 1.29 is 27.3 Å². The standard InChI is InChI=1S/C14H13F3N2O3S/c15-14(16,17)12-8-11(18-19-12)9-3-5-10(6-4-9)23(22)7-1-2-13(20)21/h3-6,8H,1-2,7H2,(H,18,19)(H,20,21). The number of hydrogen-bond donors (Lipinski definition) is 2. The Hall–Kier alpha value is -2.16. The number of H-pyrrole nitrogens is 1. The molecule has 1 heterocycles. The summed E-state index contributed by atoms with van der Waals surface area (Å²) in [6.07, 6.45) is -4.26. The maximum absolute atomic E-state index is 12.5. The van der Waals surface area contributed by atoms with Gasteiger partial charge in [0.25, 0.3) is 0 Å². The fourth-order valence-electron chi connectivity index (χ4n) is 1.86. The minimum absolute atomic E-state index is 0.0582. The maximum Gasteiger partial charge on any atom is 0.432 e. The molecule has 1 aromatic carbocycles. The second-order valence-electron chi connectivity index (χ2n) is 4.74. The van der Waals surface area contributed by atoms with Gasteiger partial charge in [0.15, 0.2) is 0 Å². The molecule has 0 amide bonds. The number of rotatable bonds is 6. The van der Waals surface area contributed by atoms with Gasteiger partial charge in [0.05, 0.1) is 16.5 Å². The van der Waals surface area contributed by atoms with Gasteiger partial charge in [-0.1, -0.05) is 12.1 Å². The normalized spacial score (nSPS) is 13.0. The lowest BCUT2D eigenvalue weighted by atomic mass is 10.1. The van der Waals surface area contributed by atoms with Crippen molar-refractivity contribution in [2.45, 2.75) is 23.9 Å². The topological polar surface area (TPSA) is 83.0 Å². The van der Waals surface area contributed by atoms with Crippen molar-refractivity contribution in [2.24, 2.45) is 0 Å². The zero-order valence-corrected chi connectivity index (χ0v) is 12.6. The average Bonchev–Trinajstić information content (AvgIpc) is 2.97. The first-order valence-corrected chi connectivity index (χ1v) is 7.92. The van der Waals surface area contributed by atoms with E-state index in [1.807, 2.05) is 5.10 Å². The minimum Gasteiger partial charge on any atom is -0.481 e. The molecular weight excluding hydrogens is 333 g/mol. The van der Waals surface area contributed by atoms with E-state index in [4.69, 9.17) is 5.11 Å². The van der Waals surface area contributed by atoms with Gasteiger partial charge in [-0.05, 0) is 24.6 Å². The van der Waals surface area contributed by atoms with Crippen LogP contribution in [0.15, 0.2) is 35.2 Å². The summed E-state index contributed by atoms with van der Waals surface area (Å²) in [5.41, 5.74) is -0.336. The fourth-order valence-corrected chi connectivity index (χ4v) is 2.95. The Morgan fingerprint density at radius 2 is 1.91 bits per heavy atom. The molecule has 2 aromatic rings. The van der Waals surface area contributed by atoms with E-state index < -0.39 is 28.6 Å². The Morgan fingerprint density at radius 3 is 2.43 bits per heavy atom. The van der Waals surface area contributed by atoms with E-state index in [9.17, 15) is 22.2 Å². The molecule has 0 radical (unpaired) electrons. The van der Waals surface area contributed by atoms with Crippen LogP contribution in [0.3, 0.4) is 0 Å². The summed E-state index contributed by atoms with van der Waals surface area (Å²) in [6, 6.07) is 7.03. The summed E-state index contributed by atoms with van der Waals surface area (Å²) in [7, 11) is -1.34. The lowest BCUT2D eigenvalue weighted by molar-refractivity contribution is -0.141. The van der Waals surface area contributed by atoms with Gasteiger partial charge in [-0.25, -0.2) is 0 Å². The van der Waals surface area contributed by atoms with Crippen molar-refractivity contribution in [1.82, 2.24) is 10.2 Å². The van der Waals surface area contributed by atoms with Gasteiger partial charge in [-0.15, -0.1) is 0 Å². The van der Waals surface area contributed by atoms with Crippen LogP contribution in [0.5, 0.6) is 0 Å². The molecule has 124 valence electrons. The highest BCUT2D eigenvalue weighted by Gasteiger charge is 2.33. The Balaban J connectivity index is 2.06. The third kappa shape index (κ3) is 4.65. The molecular formula is C14H13F3N2O3S. The second-order valence-corrected chi connectivity index (χ2v) is 6.31. The van der Waals surface area contributed by atoms with Crippen LogP contribution in [-0.2, 0) is 21.8 Å². The van der Waals surface area contributed by atoms with Gasteiger partial charge < -0.3 is 5.11 Å². The first kappa shape index (κ1) is 17.2. The molecule has 1 aromatic heterocycles. The van der Waals surface area contributed by atoms with E-state index in [1.54, 1.807) is 0 Å². The number of benzene rings is 1. The number of aromatic amines is 1. The zero-order chi connectivity index (χ0) is 17.0. The Bertz CT molecular complexity index is 711. The highest BCUT2D eigenvalue weighted by atomic mass is 32.2. The van der Waals surface area contributed by atoms with Crippen molar-refractivity contribution >= 4 is 16.8 Å². The number of aromatic nitrogens is 2. The molecule has 2 rings (SSSR count). The van der Waals surface area contributed by atoms with E-state index in [-0.39, 0.29) is 24.3 Å². The van der Waals surface area contributed by atoms with Crippen molar-refractivity contribution in [3.63, 3.8) is 0 Å². The Morgan fingerprint density at radius 1 is 1.26 bits per heavy atom. The first-order chi connectivity index (χ1) is 10.8. The number of aliphatic carboxylic acids is 1. The summed E-state index contributed by atoms with van der Waals surface area (Å²) in [5.74, 6) is -0.733. The van der Waals surface area contributed by atoms with E-state index in [1.165, 1.54) is 24.3 Å². The highest BCUT2D eigenvalue weighted by molar-refractivity contribution is 7.85. The largest absolute Gasteiger partial charge is 0.481 e. The average molecular weight is 346 g/mol. The van der Waals surface area contributed by atoms with Crippen LogP contribution >= 0.6 is 0 Å². The SMILES string of the molecule is O=C(O)CCCS(=O)c1ccc(-c2cc(C(F)(F)F)[nH]n2)cc1. The predicted octanol–water partition coefficient (Wildman–Crippen LogP) is 3.07. The molecule has 1 atom stereocenters. The quantitative estimate of drug-likeness (QED) is 0.842. The molecule has 0 fully saturated rings. The van der Waals surface area contributed by atoms with Crippen molar-refractivity contribution in [3.05, 3.63) is 36.0 Å². The molecule has 0 spiro atoms. The smallest absolute Gasteiger partial charge is 0.432 e. The van der Waals surface area contributed by atoms with Crippen LogP contribution in [0.4, 0.5) is 13.2 Å². The number of nitrogens with zero attached hydrogens (tertiary/aromatic N) is 1. The van der Waals surface area contributed by atoms with Gasteiger partial charge in [0.2, 0.25) is 0 Å². The van der Waals surface area contributed by atoms with Gasteiger partial charge in [-0.3, -0.25) is 14.1 Å². The Kier molecular flexibility index (Phi) is 5.19. The molecule has 0 aliphatic carbocycles. The lowest BCUT2D eigenvalue weighted by Crippen LogP contribution is -2.04. The van der Waals surface area contributed by atoms with E-state index in [0.29, 0.717) is 10.5 Å². The van der Waals surface area contributed by atoms with Gasteiger partial charge in [0, 0.05) is 22.6 Å². The second kappa shape index (κ2) is 6.95. The first-order valence-electron chi connectivity index (χ1n) is 6.60. The number of alkyl halides is 3. The fraction of sp³-hybridized carbons (Fsp3) is 0.286. The summed E-state index contributed by atoms with van der Waals surface area (Å²) >= 11 is 0. The third-order valence-electron chi connectivity index (χ3n) is 3.02. The van der Waals surface area contributed by atoms with Crippen molar-refractivity contribution in [1.29, 1.82) is 0 Å². The molecule has 23 heavy (non-hydrogen) atoms. The van der Waals surface area contributed by atoms with Gasteiger partial charge >= 0.3 is 12.1 Å². The van der Waals surface area contributed by atoms with E-state index in [2.05, 4.69) is 5.10 Å². The molecule has 0 saturated carbocycles. The molecule has 0 saturated heterocycles. The molecule has 0 aliphatic rings. The number of halogens is 3. The van der Waals surface area contributed by atoms with E-state index >= 15 is 0 Å². The van der Waals surface area contributed by atoms with Crippen LogP contribution in [0.1, 0.15) is 18.5 Å². The third-order valence-corrected chi connectivity index (χ3v) is 4.47. The number of hydrogen-bond acceptors (Lipinski definition) is 3. The molecule has 5 nitrogen and oxygen atoms in total. The van der Waals surface area contributed by atoms with Gasteiger partial charge in [0.1, 0.15) is 5.69 Å². The minimum atomic E-state index is -4.49. The number of carbonyl (C=O) groups is 1. The summed E-state index contributed by atoms with van der Waals surface area (Å²) in [5, 5.41) is 14.1. The number of carboxylic acids is 1. The highest BCUT2D eigenvalue weighted by Crippen LogP contribution is 2.30. The van der Waals surface area contributed by atoms with Crippen LogP contribution in [-0.4, -0.2) is 31.2 Å². The van der Waals surface area contributed by atoms with Crippen LogP contribution in [0.25, 0.3) is 11.3 Å². The molecule has 0 bridgehead atoms. The molecule has 2 N–H and O–H groups in total. The van der Waals surface area contributed by atoms with Crippen LogP contribution < -0.4 is 0 Å². The molecule has 0 aliphatic heterocycles. The van der Waals surface area contributed by atoms with Crippen molar-refractivity contribution in [3.8, 4) is 11.3 Å². The van der Waals surface area contributed by atoms with E-state index in [0.717, 1.165) is 6.07 Å². The number of carboxylic acid groups (broad SMARTS) is 1. The van der Waals surface area contributed by atoms with Crippen LogP contribution in [0, 0.1) is 0 Å². The summed E-state index contributed by atoms with van der Waals surface area (Å²) < 4.78 is 49.5. The van der Waals surface area contributed by atoms with Crippen LogP contribution in [0.2, 0.25) is 0 Å². The summed E-state index contributed by atoms with van der Waals surface area (Å²) in [6.45, 7) is 0. The maximum atomic E-state index is 12.5. The van der Waals surface area contributed by atoms with Gasteiger partial charge in [-0.2, -0.15) is 18.3 Å². The van der Waals surface area contributed by atoms with Crippen molar-refractivity contribution in [2.75, 3.05) is 5.75 Å². The Labute approximate surface area is 132 Å². The lowest BCUT2D eigenvalue weighted by Gasteiger charge is -2.03. The molecule has 1 unspecified atom stereocenters.